The maximum atomic E-state index is 13.4. The van der Waals surface area contributed by atoms with Crippen LogP contribution in [-0.4, -0.2) is 48.1 Å². The molecule has 1 aliphatic rings. The largest absolute Gasteiger partial charge is 0.336 e. The summed E-state index contributed by atoms with van der Waals surface area (Å²) < 4.78 is 42.9. The third-order valence-electron chi connectivity index (χ3n) is 5.04. The number of halogens is 1. The van der Waals surface area contributed by atoms with Crippen LogP contribution in [0.3, 0.4) is 0 Å². The number of nitrogens with zero attached hydrogens (tertiary/aromatic N) is 3. The SMILES string of the molecule is Cc1nn(C)c2sc(C(=O)N3CCCC(NS(=O)(=O)c4cccc(F)c4)C3)cc12. The number of hydrogen-bond donors (Lipinski definition) is 1. The molecule has 0 spiro atoms. The van der Waals surface area contributed by atoms with Crippen LogP contribution in [-0.2, 0) is 17.1 Å². The van der Waals surface area contributed by atoms with Crippen molar-refractivity contribution in [2.45, 2.75) is 30.7 Å². The molecule has 29 heavy (non-hydrogen) atoms. The number of carbonyl (C=O) groups is 1. The number of amides is 1. The number of benzene rings is 1. The predicted molar refractivity (Wildman–Crippen MR) is 109 cm³/mol. The van der Waals surface area contributed by atoms with Gasteiger partial charge in [0, 0.05) is 31.6 Å². The van der Waals surface area contributed by atoms with Crippen LogP contribution in [0.5, 0.6) is 0 Å². The van der Waals surface area contributed by atoms with Crippen molar-refractivity contribution < 1.29 is 17.6 Å². The first kappa shape index (κ1) is 20.0. The minimum atomic E-state index is -3.86. The van der Waals surface area contributed by atoms with Gasteiger partial charge >= 0.3 is 0 Å². The molecule has 0 radical (unpaired) electrons. The van der Waals surface area contributed by atoms with E-state index in [0.29, 0.717) is 24.3 Å². The van der Waals surface area contributed by atoms with Crippen molar-refractivity contribution in [1.82, 2.24) is 19.4 Å². The Kier molecular flexibility index (Phi) is 5.18. The fraction of sp³-hybridized carbons (Fsp3) is 0.368. The summed E-state index contributed by atoms with van der Waals surface area (Å²) in [7, 11) is -2.01. The smallest absolute Gasteiger partial charge is 0.264 e. The van der Waals surface area contributed by atoms with E-state index < -0.39 is 21.9 Å². The van der Waals surface area contributed by atoms with Gasteiger partial charge in [-0.25, -0.2) is 17.5 Å². The van der Waals surface area contributed by atoms with Gasteiger partial charge in [-0.15, -0.1) is 11.3 Å². The maximum Gasteiger partial charge on any atom is 0.264 e. The molecule has 1 fully saturated rings. The maximum absolute atomic E-state index is 13.4. The van der Waals surface area contributed by atoms with Crippen molar-refractivity contribution in [2.24, 2.45) is 7.05 Å². The van der Waals surface area contributed by atoms with Crippen LogP contribution in [0, 0.1) is 12.7 Å². The molecule has 1 aliphatic heterocycles. The monoisotopic (exact) mass is 436 g/mol. The summed E-state index contributed by atoms with van der Waals surface area (Å²) in [6, 6.07) is 6.33. The number of carbonyl (C=O) groups excluding carboxylic acids is 1. The minimum absolute atomic E-state index is 0.111. The van der Waals surface area contributed by atoms with E-state index in [9.17, 15) is 17.6 Å². The number of hydrogen-bond acceptors (Lipinski definition) is 5. The number of aryl methyl sites for hydroxylation is 2. The zero-order chi connectivity index (χ0) is 20.8. The first-order valence-corrected chi connectivity index (χ1v) is 11.5. The fourth-order valence-electron chi connectivity index (χ4n) is 3.65. The average molecular weight is 437 g/mol. The van der Waals surface area contributed by atoms with Crippen molar-refractivity contribution in [1.29, 1.82) is 0 Å². The Hall–Kier alpha value is -2.30. The van der Waals surface area contributed by atoms with E-state index in [2.05, 4.69) is 9.82 Å². The first-order valence-electron chi connectivity index (χ1n) is 9.25. The van der Waals surface area contributed by atoms with E-state index in [4.69, 9.17) is 0 Å². The Morgan fingerprint density at radius 1 is 1.34 bits per heavy atom. The van der Waals surface area contributed by atoms with Crippen molar-refractivity contribution in [3.05, 3.63) is 46.7 Å². The van der Waals surface area contributed by atoms with E-state index in [-0.39, 0.29) is 17.3 Å². The molecule has 7 nitrogen and oxygen atoms in total. The van der Waals surface area contributed by atoms with Gasteiger partial charge in [0.2, 0.25) is 10.0 Å². The van der Waals surface area contributed by atoms with E-state index in [0.717, 1.165) is 22.0 Å². The van der Waals surface area contributed by atoms with Gasteiger partial charge in [-0.3, -0.25) is 9.48 Å². The number of piperidine rings is 1. The molecule has 1 saturated heterocycles. The quantitative estimate of drug-likeness (QED) is 0.682. The summed E-state index contributed by atoms with van der Waals surface area (Å²) in [4.78, 5) is 16.1. The first-order chi connectivity index (χ1) is 13.7. The highest BCUT2D eigenvalue weighted by atomic mass is 32.2. The molecule has 1 unspecified atom stereocenters. The number of sulfonamides is 1. The summed E-state index contributed by atoms with van der Waals surface area (Å²) in [6.45, 7) is 2.75. The molecule has 1 atom stereocenters. The van der Waals surface area contributed by atoms with Crippen LogP contribution in [0.4, 0.5) is 4.39 Å². The Morgan fingerprint density at radius 2 is 2.14 bits per heavy atom. The van der Waals surface area contributed by atoms with Crippen LogP contribution in [0.1, 0.15) is 28.2 Å². The lowest BCUT2D eigenvalue weighted by atomic mass is 10.1. The summed E-state index contributed by atoms with van der Waals surface area (Å²) >= 11 is 1.39. The molecular weight excluding hydrogens is 415 g/mol. The minimum Gasteiger partial charge on any atom is -0.336 e. The van der Waals surface area contributed by atoms with Gasteiger partial charge in [-0.05, 0) is 44.0 Å². The molecular formula is C19H21FN4O3S2. The van der Waals surface area contributed by atoms with Crippen LogP contribution >= 0.6 is 11.3 Å². The summed E-state index contributed by atoms with van der Waals surface area (Å²) in [5.74, 6) is -0.719. The highest BCUT2D eigenvalue weighted by Crippen LogP contribution is 2.29. The summed E-state index contributed by atoms with van der Waals surface area (Å²) in [5.41, 5.74) is 0.872. The molecule has 10 heteroatoms. The number of fused-ring (bicyclic) bond motifs is 1. The Balaban J connectivity index is 1.50. The standard InChI is InChI=1S/C19H21FN4O3S2/c1-12-16-10-17(28-19(16)23(2)21-12)18(25)24-8-4-6-14(11-24)22-29(26,27)15-7-3-5-13(20)9-15/h3,5,7,9-10,14,22H,4,6,8,11H2,1-2H3. The normalized spacial score (nSPS) is 17.8. The lowest BCUT2D eigenvalue weighted by Crippen LogP contribution is -2.49. The van der Waals surface area contributed by atoms with E-state index in [1.54, 1.807) is 9.58 Å². The molecule has 3 heterocycles. The second-order valence-corrected chi connectivity index (χ2v) is 9.95. The molecule has 0 aliphatic carbocycles. The molecule has 0 bridgehead atoms. The van der Waals surface area contributed by atoms with Crippen LogP contribution < -0.4 is 4.72 Å². The van der Waals surface area contributed by atoms with Crippen LogP contribution in [0.15, 0.2) is 35.2 Å². The number of nitrogens with one attached hydrogen (secondary N) is 1. The van der Waals surface area contributed by atoms with Gasteiger partial charge in [-0.1, -0.05) is 6.07 Å². The van der Waals surface area contributed by atoms with Crippen molar-refractivity contribution >= 4 is 37.5 Å². The number of aromatic nitrogens is 2. The second-order valence-electron chi connectivity index (χ2n) is 7.21. The van der Waals surface area contributed by atoms with Gasteiger partial charge in [0.05, 0.1) is 15.5 Å². The molecule has 0 saturated carbocycles. The van der Waals surface area contributed by atoms with E-state index in [1.807, 2.05) is 20.0 Å². The summed E-state index contributed by atoms with van der Waals surface area (Å²) in [5, 5.41) is 5.31. The molecule has 4 rings (SSSR count). The number of thiophene rings is 1. The van der Waals surface area contributed by atoms with Crippen molar-refractivity contribution in [3.63, 3.8) is 0 Å². The van der Waals surface area contributed by atoms with E-state index in [1.165, 1.54) is 29.5 Å². The molecule has 1 aromatic carbocycles. The highest BCUT2D eigenvalue weighted by molar-refractivity contribution is 7.89. The van der Waals surface area contributed by atoms with Crippen LogP contribution in [0.25, 0.3) is 10.2 Å². The lowest BCUT2D eigenvalue weighted by Gasteiger charge is -2.32. The zero-order valence-corrected chi connectivity index (χ0v) is 17.7. The predicted octanol–water partition coefficient (Wildman–Crippen LogP) is 2.67. The van der Waals surface area contributed by atoms with Gasteiger partial charge in [0.1, 0.15) is 10.6 Å². The fourth-order valence-corrected chi connectivity index (χ4v) is 6.03. The van der Waals surface area contributed by atoms with Crippen LogP contribution in [0.2, 0.25) is 0 Å². The zero-order valence-electron chi connectivity index (χ0n) is 16.1. The third kappa shape index (κ3) is 3.92. The second kappa shape index (κ2) is 7.51. The highest BCUT2D eigenvalue weighted by Gasteiger charge is 2.29. The number of rotatable bonds is 4. The van der Waals surface area contributed by atoms with Crippen molar-refractivity contribution in [2.75, 3.05) is 13.1 Å². The molecule has 1 amide bonds. The topological polar surface area (TPSA) is 84.3 Å². The molecule has 3 aromatic rings. The average Bonchev–Trinajstić information content (AvgIpc) is 3.22. The van der Waals surface area contributed by atoms with Gasteiger partial charge < -0.3 is 4.90 Å². The number of likely N-dealkylation sites (tertiary alicyclic amines) is 1. The lowest BCUT2D eigenvalue weighted by molar-refractivity contribution is 0.0708. The molecule has 1 N–H and O–H groups in total. The van der Waals surface area contributed by atoms with Gasteiger partial charge in [-0.2, -0.15) is 5.10 Å². The Bertz CT molecular complexity index is 1150. The molecule has 2 aromatic heterocycles. The Morgan fingerprint density at radius 3 is 2.86 bits per heavy atom. The summed E-state index contributed by atoms with van der Waals surface area (Å²) in [6.07, 6.45) is 1.31. The van der Waals surface area contributed by atoms with Gasteiger partial charge in [0.15, 0.2) is 0 Å². The Labute approximate surface area is 172 Å². The van der Waals surface area contributed by atoms with Gasteiger partial charge in [0.25, 0.3) is 5.91 Å². The van der Waals surface area contributed by atoms with Crippen molar-refractivity contribution in [3.8, 4) is 0 Å². The third-order valence-corrected chi connectivity index (χ3v) is 7.75. The van der Waals surface area contributed by atoms with E-state index >= 15 is 0 Å². The molecule has 154 valence electrons.